The van der Waals surface area contributed by atoms with Gasteiger partial charge in [-0.15, -0.1) is 0 Å². The molecule has 0 N–H and O–H groups in total. The number of hydrogen-bond donors (Lipinski definition) is 0. The standard InChI is InChI=1S/C28H34N4O4/c1-4-6-7-27(33)31-18-16-30(17-19-31)22-10-8-21(9-11-22)26-20-25(28(34)36-5-2)29-32(26)23-12-14-24(35-3)15-13-23/h8-15,20H,4-7,16-19H2,1-3H3. The first kappa shape index (κ1) is 25.3. The van der Waals surface area contributed by atoms with Gasteiger partial charge in [-0.3, -0.25) is 4.79 Å². The molecule has 0 saturated carbocycles. The molecule has 2 heterocycles. The maximum absolute atomic E-state index is 12.4. The summed E-state index contributed by atoms with van der Waals surface area (Å²) in [6.07, 6.45) is 2.63. The average molecular weight is 491 g/mol. The monoisotopic (exact) mass is 490 g/mol. The van der Waals surface area contributed by atoms with Crippen molar-refractivity contribution in [3.63, 3.8) is 0 Å². The van der Waals surface area contributed by atoms with Gasteiger partial charge in [0.1, 0.15) is 5.75 Å². The zero-order chi connectivity index (χ0) is 25.5. The second-order valence-electron chi connectivity index (χ2n) is 8.76. The highest BCUT2D eigenvalue weighted by molar-refractivity contribution is 5.89. The molecule has 0 unspecified atom stereocenters. The minimum absolute atomic E-state index is 0.260. The number of ether oxygens (including phenoxy) is 2. The Labute approximate surface area is 212 Å². The highest BCUT2D eigenvalue weighted by Crippen LogP contribution is 2.28. The molecule has 1 aliphatic rings. The van der Waals surface area contributed by atoms with E-state index in [-0.39, 0.29) is 18.2 Å². The molecule has 0 radical (unpaired) electrons. The molecule has 4 rings (SSSR count). The van der Waals surface area contributed by atoms with Crippen LogP contribution in [0, 0.1) is 0 Å². The number of anilines is 1. The van der Waals surface area contributed by atoms with Crippen LogP contribution in [0.25, 0.3) is 16.9 Å². The first-order valence-corrected chi connectivity index (χ1v) is 12.6. The van der Waals surface area contributed by atoms with E-state index in [0.717, 1.165) is 67.4 Å². The van der Waals surface area contributed by atoms with Crippen molar-refractivity contribution in [1.82, 2.24) is 14.7 Å². The Bertz CT molecular complexity index is 1160. The number of esters is 1. The number of nitrogens with zero attached hydrogens (tertiary/aromatic N) is 4. The van der Waals surface area contributed by atoms with E-state index in [9.17, 15) is 9.59 Å². The number of piperazine rings is 1. The Morgan fingerprint density at radius 1 is 0.917 bits per heavy atom. The molecule has 190 valence electrons. The summed E-state index contributed by atoms with van der Waals surface area (Å²) >= 11 is 0. The maximum Gasteiger partial charge on any atom is 0.358 e. The molecule has 1 aliphatic heterocycles. The molecule has 0 spiro atoms. The lowest BCUT2D eigenvalue weighted by Gasteiger charge is -2.36. The second-order valence-corrected chi connectivity index (χ2v) is 8.76. The quantitative estimate of drug-likeness (QED) is 0.409. The Balaban J connectivity index is 1.54. The van der Waals surface area contributed by atoms with Gasteiger partial charge in [-0.25, -0.2) is 9.48 Å². The highest BCUT2D eigenvalue weighted by Gasteiger charge is 2.22. The van der Waals surface area contributed by atoms with Crippen molar-refractivity contribution in [3.05, 3.63) is 60.3 Å². The number of aromatic nitrogens is 2. The van der Waals surface area contributed by atoms with Crippen molar-refractivity contribution in [2.75, 3.05) is 44.8 Å². The minimum Gasteiger partial charge on any atom is -0.497 e. The van der Waals surface area contributed by atoms with Gasteiger partial charge in [0, 0.05) is 43.9 Å². The molecular formula is C28H34N4O4. The third-order valence-corrected chi connectivity index (χ3v) is 6.42. The zero-order valence-corrected chi connectivity index (χ0v) is 21.3. The lowest BCUT2D eigenvalue weighted by atomic mass is 10.1. The van der Waals surface area contributed by atoms with E-state index in [2.05, 4.69) is 29.1 Å². The van der Waals surface area contributed by atoms with E-state index in [1.807, 2.05) is 41.3 Å². The van der Waals surface area contributed by atoms with Crippen molar-refractivity contribution in [3.8, 4) is 22.7 Å². The number of methoxy groups -OCH3 is 1. The van der Waals surface area contributed by atoms with Crippen LogP contribution in [0.15, 0.2) is 54.6 Å². The van der Waals surface area contributed by atoms with Crippen molar-refractivity contribution in [2.45, 2.75) is 33.1 Å². The van der Waals surface area contributed by atoms with Crippen molar-refractivity contribution in [2.24, 2.45) is 0 Å². The molecule has 0 bridgehead atoms. The van der Waals surface area contributed by atoms with Gasteiger partial charge < -0.3 is 19.3 Å². The summed E-state index contributed by atoms with van der Waals surface area (Å²) in [5.41, 5.74) is 3.91. The van der Waals surface area contributed by atoms with E-state index >= 15 is 0 Å². The Morgan fingerprint density at radius 3 is 2.19 bits per heavy atom. The van der Waals surface area contributed by atoms with Crippen LogP contribution in [0.4, 0.5) is 5.69 Å². The fourth-order valence-electron chi connectivity index (χ4n) is 4.35. The van der Waals surface area contributed by atoms with E-state index < -0.39 is 5.97 Å². The molecule has 8 nitrogen and oxygen atoms in total. The van der Waals surface area contributed by atoms with Crippen LogP contribution in [0.1, 0.15) is 43.6 Å². The normalized spacial score (nSPS) is 13.5. The third kappa shape index (κ3) is 5.70. The Kier molecular flexibility index (Phi) is 8.25. The van der Waals surface area contributed by atoms with E-state index in [1.165, 1.54) is 0 Å². The smallest absolute Gasteiger partial charge is 0.358 e. The summed E-state index contributed by atoms with van der Waals surface area (Å²) in [6.45, 7) is 7.29. The van der Waals surface area contributed by atoms with Crippen molar-refractivity contribution < 1.29 is 19.1 Å². The lowest BCUT2D eigenvalue weighted by molar-refractivity contribution is -0.131. The number of amides is 1. The van der Waals surface area contributed by atoms with Gasteiger partial charge in [-0.05, 0) is 55.8 Å². The molecule has 2 aromatic carbocycles. The van der Waals surface area contributed by atoms with Gasteiger partial charge in [0.15, 0.2) is 5.69 Å². The van der Waals surface area contributed by atoms with Crippen LogP contribution in [0.3, 0.4) is 0 Å². The summed E-state index contributed by atoms with van der Waals surface area (Å²) in [6, 6.07) is 17.5. The van der Waals surface area contributed by atoms with Crippen LogP contribution in [-0.2, 0) is 9.53 Å². The number of benzene rings is 2. The highest BCUT2D eigenvalue weighted by atomic mass is 16.5. The summed E-state index contributed by atoms with van der Waals surface area (Å²) < 4.78 is 12.2. The predicted molar refractivity (Wildman–Crippen MR) is 140 cm³/mol. The average Bonchev–Trinajstić information content (AvgIpc) is 3.38. The van der Waals surface area contributed by atoms with Crippen LogP contribution in [0.2, 0.25) is 0 Å². The molecule has 0 atom stereocenters. The minimum atomic E-state index is -0.450. The Morgan fingerprint density at radius 2 is 1.58 bits per heavy atom. The summed E-state index contributed by atoms with van der Waals surface area (Å²) in [4.78, 5) is 29.0. The van der Waals surface area contributed by atoms with Crippen LogP contribution in [-0.4, -0.2) is 66.5 Å². The molecule has 1 fully saturated rings. The molecule has 1 saturated heterocycles. The summed E-state index contributed by atoms with van der Waals surface area (Å²) in [5, 5.41) is 4.54. The fraction of sp³-hybridized carbons (Fsp3) is 0.393. The lowest BCUT2D eigenvalue weighted by Crippen LogP contribution is -2.48. The third-order valence-electron chi connectivity index (χ3n) is 6.42. The van der Waals surface area contributed by atoms with Gasteiger partial charge in [-0.1, -0.05) is 25.5 Å². The largest absolute Gasteiger partial charge is 0.497 e. The van der Waals surface area contributed by atoms with E-state index in [0.29, 0.717) is 6.42 Å². The van der Waals surface area contributed by atoms with Gasteiger partial charge >= 0.3 is 5.97 Å². The molecule has 36 heavy (non-hydrogen) atoms. The van der Waals surface area contributed by atoms with Crippen LogP contribution in [0.5, 0.6) is 5.75 Å². The number of hydrogen-bond acceptors (Lipinski definition) is 6. The van der Waals surface area contributed by atoms with Crippen molar-refractivity contribution in [1.29, 1.82) is 0 Å². The summed E-state index contributed by atoms with van der Waals surface area (Å²) in [7, 11) is 1.62. The second kappa shape index (κ2) is 11.7. The summed E-state index contributed by atoms with van der Waals surface area (Å²) in [5.74, 6) is 0.555. The maximum atomic E-state index is 12.4. The molecule has 1 amide bonds. The van der Waals surface area contributed by atoms with Gasteiger partial charge in [0.05, 0.1) is 25.1 Å². The van der Waals surface area contributed by atoms with Crippen LogP contribution < -0.4 is 9.64 Å². The first-order chi connectivity index (χ1) is 17.5. The number of carbonyl (C=O) groups excluding carboxylic acids is 2. The first-order valence-electron chi connectivity index (χ1n) is 12.6. The molecule has 1 aromatic heterocycles. The zero-order valence-electron chi connectivity index (χ0n) is 21.3. The number of unbranched alkanes of at least 4 members (excludes halogenated alkanes) is 1. The van der Waals surface area contributed by atoms with E-state index in [1.54, 1.807) is 24.8 Å². The molecular weight excluding hydrogens is 456 g/mol. The molecule has 3 aromatic rings. The predicted octanol–water partition coefficient (Wildman–Crippen LogP) is 4.56. The van der Waals surface area contributed by atoms with Gasteiger partial charge in [0.25, 0.3) is 0 Å². The Hall–Kier alpha value is -3.81. The van der Waals surface area contributed by atoms with Gasteiger partial charge in [-0.2, -0.15) is 5.10 Å². The SMILES string of the molecule is CCCCC(=O)N1CCN(c2ccc(-c3cc(C(=O)OCC)nn3-c3ccc(OC)cc3)cc2)CC1. The van der Waals surface area contributed by atoms with E-state index in [4.69, 9.17) is 9.47 Å². The molecule has 0 aliphatic carbocycles. The molecule has 8 heteroatoms. The topological polar surface area (TPSA) is 76.9 Å². The number of carbonyl (C=O) groups is 2. The number of rotatable bonds is 9. The fourth-order valence-corrected chi connectivity index (χ4v) is 4.35. The van der Waals surface area contributed by atoms with Crippen LogP contribution >= 0.6 is 0 Å². The van der Waals surface area contributed by atoms with Crippen molar-refractivity contribution >= 4 is 17.6 Å². The van der Waals surface area contributed by atoms with Gasteiger partial charge in [0.2, 0.25) is 5.91 Å².